The lowest BCUT2D eigenvalue weighted by Crippen LogP contribution is -2.12. The molecular weight excluding hydrogens is 295 g/mol. The quantitative estimate of drug-likeness (QED) is 0.943. The topological polar surface area (TPSA) is 82.3 Å². The Kier molecular flexibility index (Phi) is 3.70. The van der Waals surface area contributed by atoms with Crippen LogP contribution in [0, 0.1) is 5.82 Å². The van der Waals surface area contributed by atoms with Crippen molar-refractivity contribution < 1.29 is 17.5 Å². The van der Waals surface area contributed by atoms with E-state index in [0.29, 0.717) is 0 Å². The van der Waals surface area contributed by atoms with Crippen molar-refractivity contribution in [3.63, 3.8) is 0 Å². The minimum Gasteiger partial charge on any atom is -0.437 e. The molecule has 0 aliphatic rings. The van der Waals surface area contributed by atoms with Crippen LogP contribution in [0.25, 0.3) is 0 Å². The molecule has 5 nitrogen and oxygen atoms in total. The van der Waals surface area contributed by atoms with Crippen LogP contribution in [0.15, 0.2) is 41.4 Å². The Hall–Kier alpha value is -1.70. The summed E-state index contributed by atoms with van der Waals surface area (Å²) in [5.41, 5.74) is 0. The monoisotopic (exact) mass is 302 g/mol. The largest absolute Gasteiger partial charge is 0.437 e. The number of benzene rings is 1. The summed E-state index contributed by atoms with van der Waals surface area (Å²) in [5, 5.41) is 5.01. The van der Waals surface area contributed by atoms with E-state index in [9.17, 15) is 12.8 Å². The molecule has 8 heteroatoms. The van der Waals surface area contributed by atoms with Crippen molar-refractivity contribution in [1.29, 1.82) is 0 Å². The van der Waals surface area contributed by atoms with Gasteiger partial charge < -0.3 is 4.74 Å². The lowest BCUT2D eigenvalue weighted by Gasteiger charge is -2.06. The van der Waals surface area contributed by atoms with Crippen LogP contribution in [-0.4, -0.2) is 13.4 Å². The second kappa shape index (κ2) is 5.12. The molecule has 0 aliphatic carbocycles. The fourth-order valence-electron chi connectivity index (χ4n) is 1.27. The van der Waals surface area contributed by atoms with Crippen LogP contribution in [0.1, 0.15) is 0 Å². The number of nitrogens with two attached hydrogens (primary N) is 1. The molecule has 19 heavy (non-hydrogen) atoms. The van der Waals surface area contributed by atoms with Crippen LogP contribution < -0.4 is 9.88 Å². The molecule has 1 aromatic heterocycles. The molecule has 0 saturated heterocycles. The van der Waals surface area contributed by atoms with Crippen LogP contribution in [0.5, 0.6) is 11.6 Å². The summed E-state index contributed by atoms with van der Waals surface area (Å²) < 4.78 is 40.2. The van der Waals surface area contributed by atoms with Gasteiger partial charge in [-0.05, 0) is 24.3 Å². The molecule has 0 aliphatic heterocycles. The zero-order valence-electron chi connectivity index (χ0n) is 9.38. The predicted octanol–water partition coefficient (Wildman–Crippen LogP) is 2.31. The van der Waals surface area contributed by atoms with E-state index in [1.165, 1.54) is 24.3 Å². The number of hydrogen-bond acceptors (Lipinski definition) is 4. The van der Waals surface area contributed by atoms with Crippen molar-refractivity contribution in [1.82, 2.24) is 4.98 Å². The van der Waals surface area contributed by atoms with Gasteiger partial charge in [0.05, 0.1) is 11.2 Å². The predicted molar refractivity (Wildman–Crippen MR) is 67.1 cm³/mol. The van der Waals surface area contributed by atoms with E-state index in [1.807, 2.05) is 0 Å². The first kappa shape index (κ1) is 13.7. The first-order valence-electron chi connectivity index (χ1n) is 4.98. The molecule has 0 fully saturated rings. The number of halogens is 2. The Morgan fingerprint density at radius 2 is 2.00 bits per heavy atom. The lowest BCUT2D eigenvalue weighted by atomic mass is 10.3. The van der Waals surface area contributed by atoms with Gasteiger partial charge in [0.1, 0.15) is 16.5 Å². The summed E-state index contributed by atoms with van der Waals surface area (Å²) in [7, 11) is -3.80. The fraction of sp³-hybridized carbons (Fsp3) is 0. The third-order valence-electron chi connectivity index (χ3n) is 2.15. The smallest absolute Gasteiger partial charge is 0.239 e. The average molecular weight is 303 g/mol. The van der Waals surface area contributed by atoms with Crippen molar-refractivity contribution >= 4 is 21.6 Å². The lowest BCUT2D eigenvalue weighted by molar-refractivity contribution is 0.460. The van der Waals surface area contributed by atoms with E-state index in [1.54, 1.807) is 0 Å². The van der Waals surface area contributed by atoms with Gasteiger partial charge in [0.2, 0.25) is 15.9 Å². The van der Waals surface area contributed by atoms with Gasteiger partial charge in [-0.3, -0.25) is 0 Å². The molecule has 2 rings (SSSR count). The molecule has 0 atom stereocenters. The minimum atomic E-state index is -3.80. The second-order valence-corrected chi connectivity index (χ2v) is 5.52. The molecule has 0 bridgehead atoms. The van der Waals surface area contributed by atoms with Gasteiger partial charge in [0.15, 0.2) is 0 Å². The third kappa shape index (κ3) is 3.40. The zero-order valence-corrected chi connectivity index (χ0v) is 11.0. The van der Waals surface area contributed by atoms with Gasteiger partial charge in [-0.15, -0.1) is 0 Å². The summed E-state index contributed by atoms with van der Waals surface area (Å²) in [6, 6.07) is 6.18. The highest BCUT2D eigenvalue weighted by Gasteiger charge is 2.09. The number of hydrogen-bond donors (Lipinski definition) is 1. The van der Waals surface area contributed by atoms with Crippen molar-refractivity contribution in [3.8, 4) is 11.6 Å². The minimum absolute atomic E-state index is 0.0809. The van der Waals surface area contributed by atoms with Crippen LogP contribution in [0.4, 0.5) is 4.39 Å². The van der Waals surface area contributed by atoms with Gasteiger partial charge in [0.25, 0.3) is 0 Å². The van der Waals surface area contributed by atoms with E-state index in [2.05, 4.69) is 4.98 Å². The molecule has 0 unspecified atom stereocenters. The van der Waals surface area contributed by atoms with E-state index in [0.717, 1.165) is 12.3 Å². The number of rotatable bonds is 3. The van der Waals surface area contributed by atoms with Crippen LogP contribution in [-0.2, 0) is 10.0 Å². The highest BCUT2D eigenvalue weighted by Crippen LogP contribution is 2.28. The SMILES string of the molecule is NS(=O)(=O)c1ccc(Oc2ccc(F)cc2Cl)nc1. The molecule has 0 radical (unpaired) electrons. The van der Waals surface area contributed by atoms with Gasteiger partial charge >= 0.3 is 0 Å². The van der Waals surface area contributed by atoms with E-state index in [-0.39, 0.29) is 21.5 Å². The number of aromatic nitrogens is 1. The Bertz CT molecular complexity index is 704. The van der Waals surface area contributed by atoms with Crippen molar-refractivity contribution in [3.05, 3.63) is 47.4 Å². The maximum absolute atomic E-state index is 12.8. The maximum atomic E-state index is 12.8. The first-order valence-corrected chi connectivity index (χ1v) is 6.90. The summed E-state index contributed by atoms with van der Waals surface area (Å²) in [6.45, 7) is 0. The fourth-order valence-corrected chi connectivity index (χ4v) is 1.93. The van der Waals surface area contributed by atoms with Crippen LogP contribution >= 0.6 is 11.6 Å². The van der Waals surface area contributed by atoms with Crippen molar-refractivity contribution in [2.45, 2.75) is 4.90 Å². The van der Waals surface area contributed by atoms with Crippen LogP contribution in [0.2, 0.25) is 5.02 Å². The first-order chi connectivity index (χ1) is 8.86. The standard InChI is InChI=1S/C11H8ClFN2O3S/c12-9-5-7(13)1-3-10(9)18-11-4-2-8(6-15-11)19(14,16)17/h1-6H,(H2,14,16,17). The van der Waals surface area contributed by atoms with Gasteiger partial charge in [-0.2, -0.15) is 0 Å². The van der Waals surface area contributed by atoms with E-state index >= 15 is 0 Å². The molecule has 0 amide bonds. The summed E-state index contributed by atoms with van der Waals surface area (Å²) >= 11 is 5.77. The van der Waals surface area contributed by atoms with Gasteiger partial charge in [0, 0.05) is 6.07 Å². The Morgan fingerprint density at radius 1 is 1.26 bits per heavy atom. The van der Waals surface area contributed by atoms with Gasteiger partial charge in [-0.25, -0.2) is 22.9 Å². The number of sulfonamides is 1. The Morgan fingerprint density at radius 3 is 2.53 bits per heavy atom. The molecular formula is C11H8ClFN2O3S. The van der Waals surface area contributed by atoms with Crippen molar-refractivity contribution in [2.75, 3.05) is 0 Å². The maximum Gasteiger partial charge on any atom is 0.239 e. The Balaban J connectivity index is 2.25. The summed E-state index contributed by atoms with van der Waals surface area (Å²) in [5.74, 6) is -0.172. The average Bonchev–Trinajstić information content (AvgIpc) is 2.32. The van der Waals surface area contributed by atoms with Gasteiger partial charge in [-0.1, -0.05) is 11.6 Å². The molecule has 0 spiro atoms. The zero-order chi connectivity index (χ0) is 14.0. The van der Waals surface area contributed by atoms with E-state index in [4.69, 9.17) is 21.5 Å². The second-order valence-electron chi connectivity index (χ2n) is 3.55. The van der Waals surface area contributed by atoms with Crippen molar-refractivity contribution in [2.24, 2.45) is 5.14 Å². The molecule has 1 heterocycles. The highest BCUT2D eigenvalue weighted by atomic mass is 35.5. The molecule has 100 valence electrons. The highest BCUT2D eigenvalue weighted by molar-refractivity contribution is 7.89. The Labute approximate surface area is 113 Å². The van der Waals surface area contributed by atoms with E-state index < -0.39 is 15.8 Å². The number of primary sulfonamides is 1. The number of nitrogens with zero attached hydrogens (tertiary/aromatic N) is 1. The third-order valence-corrected chi connectivity index (χ3v) is 3.34. The normalized spacial score (nSPS) is 11.3. The summed E-state index contributed by atoms with van der Waals surface area (Å²) in [4.78, 5) is 3.64. The summed E-state index contributed by atoms with van der Waals surface area (Å²) in [6.07, 6.45) is 1.06. The van der Waals surface area contributed by atoms with Crippen LogP contribution in [0.3, 0.4) is 0 Å². The molecule has 2 N–H and O–H groups in total. The molecule has 1 aromatic carbocycles. The number of pyridine rings is 1. The number of ether oxygens (including phenoxy) is 1. The molecule has 2 aromatic rings. The molecule has 0 saturated carbocycles.